The van der Waals surface area contributed by atoms with E-state index >= 15 is 0 Å². The molecule has 1 aromatic heterocycles. The third kappa shape index (κ3) is 2.58. The number of nitrogen functional groups attached to an aromatic ring is 1. The van der Waals surface area contributed by atoms with Crippen LogP contribution in [0.5, 0.6) is 5.75 Å². The molecule has 0 atom stereocenters. The summed E-state index contributed by atoms with van der Waals surface area (Å²) in [7, 11) is 1.58. The normalized spacial score (nSPS) is 10.6. The van der Waals surface area contributed by atoms with Gasteiger partial charge < -0.3 is 15.0 Å². The molecule has 0 aliphatic rings. The van der Waals surface area contributed by atoms with Crippen LogP contribution < -0.4 is 10.5 Å². The first-order valence-corrected chi connectivity index (χ1v) is 6.52. The summed E-state index contributed by atoms with van der Waals surface area (Å²) < 4.78 is 10.4. The van der Waals surface area contributed by atoms with Gasteiger partial charge >= 0.3 is 0 Å². The van der Waals surface area contributed by atoms with Gasteiger partial charge in [0.25, 0.3) is 5.89 Å². The number of nitrogens with two attached hydrogens (primary N) is 1. The molecule has 0 saturated heterocycles. The Labute approximate surface area is 122 Å². The van der Waals surface area contributed by atoms with E-state index in [4.69, 9.17) is 15.0 Å². The SMILES string of the molecule is COc1ccc(-c2noc(-c3ccc(C)cc3)n2)cc1N. The fourth-order valence-electron chi connectivity index (χ4n) is 2.03. The molecule has 0 bridgehead atoms. The quantitative estimate of drug-likeness (QED) is 0.745. The van der Waals surface area contributed by atoms with Gasteiger partial charge in [-0.05, 0) is 37.3 Å². The first-order valence-electron chi connectivity index (χ1n) is 6.52. The number of methoxy groups -OCH3 is 1. The molecule has 2 aromatic carbocycles. The van der Waals surface area contributed by atoms with Crippen LogP contribution in [0.25, 0.3) is 22.8 Å². The maximum atomic E-state index is 5.89. The third-order valence-electron chi connectivity index (χ3n) is 3.21. The Kier molecular flexibility index (Phi) is 3.31. The number of aryl methyl sites for hydroxylation is 1. The molecule has 5 nitrogen and oxygen atoms in total. The Morgan fingerprint density at radius 2 is 1.76 bits per heavy atom. The molecule has 1 heterocycles. The van der Waals surface area contributed by atoms with Crippen molar-refractivity contribution in [3.8, 4) is 28.6 Å². The highest BCUT2D eigenvalue weighted by Gasteiger charge is 2.11. The largest absolute Gasteiger partial charge is 0.495 e. The van der Waals surface area contributed by atoms with E-state index < -0.39 is 0 Å². The lowest BCUT2D eigenvalue weighted by Crippen LogP contribution is -1.93. The van der Waals surface area contributed by atoms with Crippen molar-refractivity contribution in [3.05, 3.63) is 48.0 Å². The lowest BCUT2D eigenvalue weighted by atomic mass is 10.1. The van der Waals surface area contributed by atoms with Crippen molar-refractivity contribution in [2.24, 2.45) is 0 Å². The molecule has 0 aliphatic carbocycles. The van der Waals surface area contributed by atoms with E-state index in [1.807, 2.05) is 37.3 Å². The van der Waals surface area contributed by atoms with Crippen LogP contribution >= 0.6 is 0 Å². The van der Waals surface area contributed by atoms with E-state index in [9.17, 15) is 0 Å². The Balaban J connectivity index is 1.94. The molecule has 3 aromatic rings. The van der Waals surface area contributed by atoms with Gasteiger partial charge in [-0.1, -0.05) is 22.9 Å². The van der Waals surface area contributed by atoms with Gasteiger partial charge in [-0.3, -0.25) is 0 Å². The summed E-state index contributed by atoms with van der Waals surface area (Å²) in [5, 5.41) is 4.00. The monoisotopic (exact) mass is 281 g/mol. The average molecular weight is 281 g/mol. The highest BCUT2D eigenvalue weighted by atomic mass is 16.5. The smallest absolute Gasteiger partial charge is 0.258 e. The second-order valence-corrected chi connectivity index (χ2v) is 4.75. The van der Waals surface area contributed by atoms with E-state index in [1.54, 1.807) is 19.2 Å². The van der Waals surface area contributed by atoms with E-state index in [-0.39, 0.29) is 0 Å². The van der Waals surface area contributed by atoms with Crippen LogP contribution in [0.1, 0.15) is 5.56 Å². The van der Waals surface area contributed by atoms with Gasteiger partial charge in [-0.25, -0.2) is 0 Å². The summed E-state index contributed by atoms with van der Waals surface area (Å²) in [6.45, 7) is 2.03. The first kappa shape index (κ1) is 13.2. The summed E-state index contributed by atoms with van der Waals surface area (Å²) in [5.41, 5.74) is 9.29. The summed E-state index contributed by atoms with van der Waals surface area (Å²) in [6, 6.07) is 13.3. The van der Waals surface area contributed by atoms with Crippen molar-refractivity contribution in [1.29, 1.82) is 0 Å². The molecule has 0 amide bonds. The number of ether oxygens (including phenoxy) is 1. The number of benzene rings is 2. The Hall–Kier alpha value is -2.82. The predicted molar refractivity (Wildman–Crippen MR) is 80.9 cm³/mol. The molecule has 2 N–H and O–H groups in total. The lowest BCUT2D eigenvalue weighted by molar-refractivity contribution is 0.417. The van der Waals surface area contributed by atoms with Gasteiger partial charge in [0.2, 0.25) is 5.82 Å². The predicted octanol–water partition coefficient (Wildman–Crippen LogP) is 3.30. The second-order valence-electron chi connectivity index (χ2n) is 4.75. The van der Waals surface area contributed by atoms with E-state index in [1.165, 1.54) is 5.56 Å². The van der Waals surface area contributed by atoms with Crippen molar-refractivity contribution >= 4 is 5.69 Å². The second kappa shape index (κ2) is 5.28. The lowest BCUT2D eigenvalue weighted by Gasteiger charge is -2.04. The molecule has 0 unspecified atom stereocenters. The number of aromatic nitrogens is 2. The molecule has 5 heteroatoms. The van der Waals surface area contributed by atoms with Crippen molar-refractivity contribution in [1.82, 2.24) is 10.1 Å². The van der Waals surface area contributed by atoms with Gasteiger partial charge in [0.1, 0.15) is 5.75 Å². The third-order valence-corrected chi connectivity index (χ3v) is 3.21. The van der Waals surface area contributed by atoms with Gasteiger partial charge in [0, 0.05) is 11.1 Å². The van der Waals surface area contributed by atoms with Crippen LogP contribution in [0.2, 0.25) is 0 Å². The average Bonchev–Trinajstić information content (AvgIpc) is 2.98. The van der Waals surface area contributed by atoms with Crippen LogP contribution in [0.15, 0.2) is 47.0 Å². The molecular formula is C16H15N3O2. The van der Waals surface area contributed by atoms with Crippen LogP contribution in [-0.4, -0.2) is 17.3 Å². The van der Waals surface area contributed by atoms with Gasteiger partial charge in [0.15, 0.2) is 0 Å². The fourth-order valence-corrected chi connectivity index (χ4v) is 2.03. The minimum Gasteiger partial charge on any atom is -0.495 e. The molecule has 0 fully saturated rings. The first-order chi connectivity index (χ1) is 10.2. The number of hydrogen-bond donors (Lipinski definition) is 1. The number of rotatable bonds is 3. The molecule has 21 heavy (non-hydrogen) atoms. The molecular weight excluding hydrogens is 266 g/mol. The molecule has 3 rings (SSSR count). The zero-order valence-electron chi connectivity index (χ0n) is 11.8. The Morgan fingerprint density at radius 3 is 2.43 bits per heavy atom. The minimum atomic E-state index is 0.486. The number of nitrogens with zero attached hydrogens (tertiary/aromatic N) is 2. The number of hydrogen-bond acceptors (Lipinski definition) is 5. The summed E-state index contributed by atoms with van der Waals surface area (Å²) in [4.78, 5) is 4.40. The van der Waals surface area contributed by atoms with E-state index in [0.717, 1.165) is 11.1 Å². The van der Waals surface area contributed by atoms with Crippen molar-refractivity contribution in [2.75, 3.05) is 12.8 Å². The topological polar surface area (TPSA) is 74.2 Å². The zero-order valence-corrected chi connectivity index (χ0v) is 11.8. The molecule has 0 saturated carbocycles. The van der Waals surface area contributed by atoms with E-state index in [2.05, 4.69) is 10.1 Å². The number of anilines is 1. The maximum absolute atomic E-state index is 5.89. The summed E-state index contributed by atoms with van der Waals surface area (Å²) in [6.07, 6.45) is 0. The minimum absolute atomic E-state index is 0.486. The highest BCUT2D eigenvalue weighted by molar-refractivity contribution is 5.67. The Morgan fingerprint density at radius 1 is 1.05 bits per heavy atom. The fraction of sp³-hybridized carbons (Fsp3) is 0.125. The van der Waals surface area contributed by atoms with Crippen LogP contribution in [0, 0.1) is 6.92 Å². The summed E-state index contributed by atoms with van der Waals surface area (Å²) in [5.74, 6) is 1.61. The van der Waals surface area contributed by atoms with Crippen molar-refractivity contribution in [2.45, 2.75) is 6.92 Å². The molecule has 0 aliphatic heterocycles. The van der Waals surface area contributed by atoms with Crippen LogP contribution in [0.3, 0.4) is 0 Å². The van der Waals surface area contributed by atoms with Crippen LogP contribution in [0.4, 0.5) is 5.69 Å². The van der Waals surface area contributed by atoms with Gasteiger partial charge in [-0.15, -0.1) is 0 Å². The van der Waals surface area contributed by atoms with Gasteiger partial charge in [0.05, 0.1) is 12.8 Å². The van der Waals surface area contributed by atoms with Crippen LogP contribution in [-0.2, 0) is 0 Å². The van der Waals surface area contributed by atoms with Gasteiger partial charge in [-0.2, -0.15) is 4.98 Å². The molecule has 0 spiro atoms. The highest BCUT2D eigenvalue weighted by Crippen LogP contribution is 2.28. The molecule has 0 radical (unpaired) electrons. The van der Waals surface area contributed by atoms with E-state index in [0.29, 0.717) is 23.2 Å². The standard InChI is InChI=1S/C16H15N3O2/c1-10-3-5-11(6-4-10)16-18-15(19-21-16)12-7-8-14(20-2)13(17)9-12/h3-9H,17H2,1-2H3. The van der Waals surface area contributed by atoms with Crippen molar-refractivity contribution < 1.29 is 9.26 Å². The zero-order chi connectivity index (χ0) is 14.8. The maximum Gasteiger partial charge on any atom is 0.258 e. The summed E-state index contributed by atoms with van der Waals surface area (Å²) >= 11 is 0. The van der Waals surface area contributed by atoms with Crippen molar-refractivity contribution in [3.63, 3.8) is 0 Å². The molecule has 106 valence electrons. The Bertz CT molecular complexity index is 763.